The largest absolute Gasteiger partial charge is 0.457 e. The van der Waals surface area contributed by atoms with E-state index in [-0.39, 0.29) is 18.5 Å². The molecule has 0 unspecified atom stereocenters. The average Bonchev–Trinajstić information content (AvgIpc) is 3.05. The van der Waals surface area contributed by atoms with Gasteiger partial charge in [-0.1, -0.05) is 31.0 Å². The molecule has 1 saturated carbocycles. The zero-order chi connectivity index (χ0) is 13.2. The number of fused-ring (bicyclic) bond motifs is 1. The monoisotopic (exact) mass is 258 g/mol. The van der Waals surface area contributed by atoms with Gasteiger partial charge >= 0.3 is 5.97 Å². The van der Waals surface area contributed by atoms with Crippen LogP contribution in [0, 0.1) is 12.8 Å². The van der Waals surface area contributed by atoms with Gasteiger partial charge in [0.05, 0.1) is 5.92 Å². The highest BCUT2D eigenvalue weighted by molar-refractivity contribution is 5.82. The number of ether oxygens (including phenoxy) is 1. The fraction of sp³-hybridized carbons (Fsp3) is 0.438. The summed E-state index contributed by atoms with van der Waals surface area (Å²) in [7, 11) is 0. The Kier molecular flexibility index (Phi) is 3.28. The summed E-state index contributed by atoms with van der Waals surface area (Å²) in [6.45, 7) is 2.25. The van der Waals surface area contributed by atoms with Gasteiger partial charge in [0.1, 0.15) is 18.0 Å². The van der Waals surface area contributed by atoms with Gasteiger partial charge in [0.2, 0.25) is 0 Å². The number of hydrogen-bond donors (Lipinski definition) is 0. The lowest BCUT2D eigenvalue weighted by Crippen LogP contribution is -2.14. The van der Waals surface area contributed by atoms with Gasteiger partial charge < -0.3 is 9.15 Å². The van der Waals surface area contributed by atoms with Crippen LogP contribution < -0.4 is 0 Å². The summed E-state index contributed by atoms with van der Waals surface area (Å²) in [5, 5.41) is 1.09. The van der Waals surface area contributed by atoms with Crippen molar-refractivity contribution in [2.45, 2.75) is 39.2 Å². The van der Waals surface area contributed by atoms with Crippen molar-refractivity contribution < 1.29 is 13.9 Å². The van der Waals surface area contributed by atoms with Gasteiger partial charge in [0, 0.05) is 10.9 Å². The molecule has 1 heterocycles. The minimum absolute atomic E-state index is 0.0719. The number of rotatable bonds is 3. The van der Waals surface area contributed by atoms with Gasteiger partial charge in [-0.05, 0) is 25.8 Å². The van der Waals surface area contributed by atoms with Crippen molar-refractivity contribution in [2.24, 2.45) is 5.92 Å². The molecular formula is C16H18O3. The quantitative estimate of drug-likeness (QED) is 0.782. The zero-order valence-electron chi connectivity index (χ0n) is 11.1. The fourth-order valence-corrected chi connectivity index (χ4v) is 2.78. The second-order valence-electron chi connectivity index (χ2n) is 5.24. The lowest BCUT2D eigenvalue weighted by molar-refractivity contribution is -0.150. The molecule has 1 aromatic heterocycles. The standard InChI is InChI=1S/C16H18O3/c1-11-13-8-4-5-9-14(13)19-15(11)10-18-16(17)12-6-2-3-7-12/h4-5,8-9,12H,2-3,6-7,10H2,1H3. The van der Waals surface area contributed by atoms with E-state index in [0.717, 1.165) is 48.0 Å². The highest BCUT2D eigenvalue weighted by Crippen LogP contribution is 2.28. The molecule has 3 heteroatoms. The number of esters is 1. The number of carbonyl (C=O) groups excluding carboxylic acids is 1. The summed E-state index contributed by atoms with van der Waals surface area (Å²) in [4.78, 5) is 11.9. The summed E-state index contributed by atoms with van der Waals surface area (Å²) in [5.41, 5.74) is 1.92. The van der Waals surface area contributed by atoms with Crippen LogP contribution in [0.2, 0.25) is 0 Å². The van der Waals surface area contributed by atoms with E-state index in [1.165, 1.54) is 0 Å². The number of furan rings is 1. The van der Waals surface area contributed by atoms with E-state index in [2.05, 4.69) is 0 Å². The van der Waals surface area contributed by atoms with Crippen LogP contribution in [0.1, 0.15) is 37.0 Å². The van der Waals surface area contributed by atoms with Crippen molar-refractivity contribution in [2.75, 3.05) is 0 Å². The summed E-state index contributed by atoms with van der Waals surface area (Å²) < 4.78 is 11.1. The van der Waals surface area contributed by atoms with Gasteiger partial charge in [-0.2, -0.15) is 0 Å². The molecule has 2 aromatic rings. The van der Waals surface area contributed by atoms with Gasteiger partial charge in [-0.25, -0.2) is 0 Å². The van der Waals surface area contributed by atoms with E-state index in [4.69, 9.17) is 9.15 Å². The number of benzene rings is 1. The molecule has 1 fully saturated rings. The maximum absolute atomic E-state index is 11.9. The Bertz CT molecular complexity index is 591. The molecule has 1 aromatic carbocycles. The molecule has 1 aliphatic rings. The maximum atomic E-state index is 11.9. The molecule has 0 atom stereocenters. The molecule has 0 N–H and O–H groups in total. The molecule has 100 valence electrons. The van der Waals surface area contributed by atoms with Crippen LogP contribution >= 0.6 is 0 Å². The minimum atomic E-state index is -0.0719. The number of aryl methyl sites for hydroxylation is 1. The first-order valence-electron chi connectivity index (χ1n) is 6.89. The SMILES string of the molecule is Cc1c(COC(=O)C2CCCC2)oc2ccccc12. The van der Waals surface area contributed by atoms with Crippen LogP contribution in [-0.4, -0.2) is 5.97 Å². The van der Waals surface area contributed by atoms with Crippen molar-refractivity contribution in [3.63, 3.8) is 0 Å². The topological polar surface area (TPSA) is 39.4 Å². The molecule has 1 aliphatic carbocycles. The third-order valence-corrected chi connectivity index (χ3v) is 3.98. The second kappa shape index (κ2) is 5.08. The van der Waals surface area contributed by atoms with Crippen LogP contribution in [-0.2, 0) is 16.1 Å². The van der Waals surface area contributed by atoms with Crippen molar-refractivity contribution in [1.29, 1.82) is 0 Å². The molecule has 19 heavy (non-hydrogen) atoms. The molecule has 0 bridgehead atoms. The van der Waals surface area contributed by atoms with E-state index in [9.17, 15) is 4.79 Å². The molecule has 0 radical (unpaired) electrons. The Labute approximate surface area is 112 Å². The van der Waals surface area contributed by atoms with Gasteiger partial charge in [-0.3, -0.25) is 4.79 Å². The van der Waals surface area contributed by atoms with Crippen LogP contribution in [0.25, 0.3) is 11.0 Å². The second-order valence-corrected chi connectivity index (χ2v) is 5.24. The smallest absolute Gasteiger partial charge is 0.309 e. The summed E-state index contributed by atoms with van der Waals surface area (Å²) in [5.74, 6) is 0.787. The van der Waals surface area contributed by atoms with Crippen molar-refractivity contribution >= 4 is 16.9 Å². The summed E-state index contributed by atoms with van der Waals surface area (Å²) in [6, 6.07) is 7.89. The zero-order valence-corrected chi connectivity index (χ0v) is 11.1. The normalized spacial score (nSPS) is 16.1. The summed E-state index contributed by atoms with van der Waals surface area (Å²) >= 11 is 0. The van der Waals surface area contributed by atoms with Crippen molar-refractivity contribution in [3.8, 4) is 0 Å². The highest BCUT2D eigenvalue weighted by Gasteiger charge is 2.24. The molecular weight excluding hydrogens is 240 g/mol. The number of hydrogen-bond acceptors (Lipinski definition) is 3. The summed E-state index contributed by atoms with van der Waals surface area (Å²) in [6.07, 6.45) is 4.22. The Morgan fingerprint density at radius 1 is 1.32 bits per heavy atom. The molecule has 0 aliphatic heterocycles. The Morgan fingerprint density at radius 2 is 2.05 bits per heavy atom. The van der Waals surface area contributed by atoms with Gasteiger partial charge in [0.25, 0.3) is 0 Å². The van der Waals surface area contributed by atoms with E-state index in [1.807, 2.05) is 31.2 Å². The van der Waals surface area contributed by atoms with E-state index in [0.29, 0.717) is 0 Å². The maximum Gasteiger partial charge on any atom is 0.309 e. The van der Waals surface area contributed by atoms with Crippen LogP contribution in [0.5, 0.6) is 0 Å². The Morgan fingerprint density at radius 3 is 2.79 bits per heavy atom. The number of para-hydroxylation sites is 1. The van der Waals surface area contributed by atoms with E-state index in [1.54, 1.807) is 0 Å². The molecule has 0 amide bonds. The minimum Gasteiger partial charge on any atom is -0.457 e. The van der Waals surface area contributed by atoms with E-state index >= 15 is 0 Å². The van der Waals surface area contributed by atoms with Gasteiger partial charge in [0.15, 0.2) is 0 Å². The third-order valence-electron chi connectivity index (χ3n) is 3.98. The third kappa shape index (κ3) is 2.37. The molecule has 3 rings (SSSR count). The first-order valence-corrected chi connectivity index (χ1v) is 6.89. The molecule has 0 spiro atoms. The molecule has 3 nitrogen and oxygen atoms in total. The van der Waals surface area contributed by atoms with Crippen LogP contribution in [0.3, 0.4) is 0 Å². The van der Waals surface area contributed by atoms with Crippen molar-refractivity contribution in [3.05, 3.63) is 35.6 Å². The highest BCUT2D eigenvalue weighted by atomic mass is 16.5. The predicted molar refractivity (Wildman–Crippen MR) is 72.7 cm³/mol. The fourth-order valence-electron chi connectivity index (χ4n) is 2.78. The number of carbonyl (C=O) groups is 1. The molecule has 0 saturated heterocycles. The van der Waals surface area contributed by atoms with Gasteiger partial charge in [-0.15, -0.1) is 0 Å². The first kappa shape index (κ1) is 12.3. The first-order chi connectivity index (χ1) is 9.25. The van der Waals surface area contributed by atoms with Crippen LogP contribution in [0.4, 0.5) is 0 Å². The average molecular weight is 258 g/mol. The lowest BCUT2D eigenvalue weighted by atomic mass is 10.1. The lowest BCUT2D eigenvalue weighted by Gasteiger charge is -2.08. The Balaban J connectivity index is 1.71. The van der Waals surface area contributed by atoms with E-state index < -0.39 is 0 Å². The predicted octanol–water partition coefficient (Wildman–Crippen LogP) is 3.97. The Hall–Kier alpha value is -1.77. The van der Waals surface area contributed by atoms with Crippen molar-refractivity contribution in [1.82, 2.24) is 0 Å². The van der Waals surface area contributed by atoms with Crippen LogP contribution in [0.15, 0.2) is 28.7 Å².